The second-order valence-electron chi connectivity index (χ2n) is 5.99. The van der Waals surface area contributed by atoms with Gasteiger partial charge in [-0.2, -0.15) is 0 Å². The topological polar surface area (TPSA) is 115 Å². The molecule has 0 aliphatic heterocycles. The average Bonchev–Trinajstić information content (AvgIpc) is 2.73. The van der Waals surface area contributed by atoms with Crippen molar-refractivity contribution in [2.45, 2.75) is 13.1 Å². The van der Waals surface area contributed by atoms with Gasteiger partial charge in [-0.15, -0.1) is 0 Å². The van der Waals surface area contributed by atoms with Gasteiger partial charge in [0.15, 0.2) is 0 Å². The molecule has 7 nitrogen and oxygen atoms in total. The summed E-state index contributed by atoms with van der Waals surface area (Å²) < 4.78 is 5.65. The van der Waals surface area contributed by atoms with Crippen LogP contribution in [0.4, 0.5) is 0 Å². The van der Waals surface area contributed by atoms with Gasteiger partial charge < -0.3 is 20.9 Å². The van der Waals surface area contributed by atoms with E-state index in [1.165, 1.54) is 18.3 Å². The number of carboxylic acid groups (broad SMARTS) is 1. The highest BCUT2D eigenvalue weighted by atomic mass is 16.5. The second-order valence-corrected chi connectivity index (χ2v) is 5.99. The van der Waals surface area contributed by atoms with Crippen LogP contribution in [0.5, 0.6) is 11.6 Å². The number of benzene rings is 2. The van der Waals surface area contributed by atoms with Crippen molar-refractivity contribution < 1.29 is 19.4 Å². The van der Waals surface area contributed by atoms with Crippen molar-refractivity contribution in [3.8, 4) is 11.6 Å². The van der Waals surface area contributed by atoms with Crippen LogP contribution in [0, 0.1) is 0 Å². The van der Waals surface area contributed by atoms with Crippen LogP contribution in [0.2, 0.25) is 0 Å². The van der Waals surface area contributed by atoms with Gasteiger partial charge in [0.05, 0.1) is 5.56 Å². The Kier molecular flexibility index (Phi) is 5.98. The number of aromatic nitrogens is 1. The van der Waals surface area contributed by atoms with Crippen LogP contribution < -0.4 is 15.8 Å². The highest BCUT2D eigenvalue weighted by Crippen LogP contribution is 2.24. The molecule has 0 saturated carbocycles. The van der Waals surface area contributed by atoms with Crippen molar-refractivity contribution in [2.75, 3.05) is 0 Å². The summed E-state index contributed by atoms with van der Waals surface area (Å²) in [5, 5.41) is 11.9. The minimum atomic E-state index is -1.06. The fourth-order valence-corrected chi connectivity index (χ4v) is 2.52. The lowest BCUT2D eigenvalue weighted by Crippen LogP contribution is -2.23. The van der Waals surface area contributed by atoms with Gasteiger partial charge in [-0.25, -0.2) is 9.78 Å². The average molecular weight is 377 g/mol. The van der Waals surface area contributed by atoms with E-state index < -0.39 is 5.97 Å². The zero-order chi connectivity index (χ0) is 19.9. The second kappa shape index (κ2) is 8.79. The predicted molar refractivity (Wildman–Crippen MR) is 103 cm³/mol. The molecule has 0 unspecified atom stereocenters. The van der Waals surface area contributed by atoms with Crippen molar-refractivity contribution in [1.29, 1.82) is 0 Å². The summed E-state index contributed by atoms with van der Waals surface area (Å²) in [7, 11) is 0. The highest BCUT2D eigenvalue weighted by Gasteiger charge is 2.15. The molecule has 142 valence electrons. The Morgan fingerprint density at radius 2 is 1.79 bits per heavy atom. The van der Waals surface area contributed by atoms with Crippen LogP contribution in [0.1, 0.15) is 31.8 Å². The van der Waals surface area contributed by atoms with Gasteiger partial charge in [-0.3, -0.25) is 4.79 Å². The molecule has 4 N–H and O–H groups in total. The van der Waals surface area contributed by atoms with E-state index in [1.54, 1.807) is 24.3 Å². The number of carboxylic acids is 1. The first-order chi connectivity index (χ1) is 13.6. The monoisotopic (exact) mass is 377 g/mol. The minimum Gasteiger partial charge on any atom is -0.478 e. The van der Waals surface area contributed by atoms with Crippen molar-refractivity contribution in [3.63, 3.8) is 0 Å². The van der Waals surface area contributed by atoms with Gasteiger partial charge in [-0.1, -0.05) is 30.3 Å². The van der Waals surface area contributed by atoms with Crippen LogP contribution in [0.25, 0.3) is 0 Å². The minimum absolute atomic E-state index is 0.0837. The van der Waals surface area contributed by atoms with Gasteiger partial charge in [-0.05, 0) is 41.5 Å². The standard InChI is InChI=1S/C21H19N3O4/c22-12-14-6-8-15(9-7-14)13-24-19(25)18-5-2-10-23-20(18)28-17-4-1-3-16(11-17)21(26)27/h1-11H,12-13,22H2,(H,24,25)(H,26,27). The molecule has 1 aromatic heterocycles. The van der Waals surface area contributed by atoms with Crippen LogP contribution in [-0.2, 0) is 13.1 Å². The van der Waals surface area contributed by atoms with E-state index in [1.807, 2.05) is 24.3 Å². The van der Waals surface area contributed by atoms with Gasteiger partial charge >= 0.3 is 5.97 Å². The van der Waals surface area contributed by atoms with E-state index in [4.69, 9.17) is 15.6 Å². The van der Waals surface area contributed by atoms with Crippen LogP contribution >= 0.6 is 0 Å². The Bertz CT molecular complexity index is 987. The van der Waals surface area contributed by atoms with Crippen molar-refractivity contribution in [3.05, 3.63) is 89.1 Å². The van der Waals surface area contributed by atoms with Gasteiger partial charge in [0.2, 0.25) is 5.88 Å². The van der Waals surface area contributed by atoms with E-state index in [0.29, 0.717) is 13.1 Å². The number of hydrogen-bond acceptors (Lipinski definition) is 5. The van der Waals surface area contributed by atoms with E-state index in [0.717, 1.165) is 11.1 Å². The maximum Gasteiger partial charge on any atom is 0.335 e. The van der Waals surface area contributed by atoms with E-state index in [-0.39, 0.29) is 28.7 Å². The zero-order valence-electron chi connectivity index (χ0n) is 15.0. The molecule has 0 spiro atoms. The van der Waals surface area contributed by atoms with Gasteiger partial charge in [0.1, 0.15) is 11.3 Å². The molecule has 1 heterocycles. The number of nitrogens with one attached hydrogen (secondary N) is 1. The van der Waals surface area contributed by atoms with Crippen LogP contribution in [0.15, 0.2) is 66.9 Å². The molecule has 0 radical (unpaired) electrons. The Balaban J connectivity index is 1.72. The molecular weight excluding hydrogens is 358 g/mol. The Labute approximate surface area is 161 Å². The summed E-state index contributed by atoms with van der Waals surface area (Å²) >= 11 is 0. The first-order valence-corrected chi connectivity index (χ1v) is 8.59. The Morgan fingerprint density at radius 1 is 1.04 bits per heavy atom. The fraction of sp³-hybridized carbons (Fsp3) is 0.0952. The number of carbonyl (C=O) groups excluding carboxylic acids is 1. The highest BCUT2D eigenvalue weighted by molar-refractivity contribution is 5.96. The number of hydrogen-bond donors (Lipinski definition) is 3. The van der Waals surface area contributed by atoms with E-state index in [9.17, 15) is 9.59 Å². The third kappa shape index (κ3) is 4.72. The lowest BCUT2D eigenvalue weighted by Gasteiger charge is -2.11. The first-order valence-electron chi connectivity index (χ1n) is 8.59. The third-order valence-electron chi connectivity index (χ3n) is 4.02. The van der Waals surface area contributed by atoms with E-state index in [2.05, 4.69) is 10.3 Å². The number of ether oxygens (including phenoxy) is 1. The smallest absolute Gasteiger partial charge is 0.335 e. The van der Waals surface area contributed by atoms with Gasteiger partial charge in [0, 0.05) is 19.3 Å². The Hall–Kier alpha value is -3.71. The number of aromatic carboxylic acids is 1. The fourth-order valence-electron chi connectivity index (χ4n) is 2.52. The number of pyridine rings is 1. The summed E-state index contributed by atoms with van der Waals surface area (Å²) in [5.41, 5.74) is 7.87. The Morgan fingerprint density at radius 3 is 2.50 bits per heavy atom. The molecule has 0 bridgehead atoms. The number of carbonyl (C=O) groups is 2. The summed E-state index contributed by atoms with van der Waals surface area (Å²) in [5.74, 6) is -1.03. The van der Waals surface area contributed by atoms with Crippen molar-refractivity contribution in [1.82, 2.24) is 10.3 Å². The molecule has 0 aliphatic carbocycles. The van der Waals surface area contributed by atoms with Gasteiger partial charge in [0.25, 0.3) is 5.91 Å². The molecule has 28 heavy (non-hydrogen) atoms. The quantitative estimate of drug-likeness (QED) is 0.583. The molecule has 0 atom stereocenters. The molecule has 0 fully saturated rings. The first kappa shape index (κ1) is 19.1. The largest absolute Gasteiger partial charge is 0.478 e. The molecule has 0 saturated heterocycles. The third-order valence-corrected chi connectivity index (χ3v) is 4.02. The van der Waals surface area contributed by atoms with Crippen molar-refractivity contribution >= 4 is 11.9 Å². The number of amides is 1. The lowest BCUT2D eigenvalue weighted by atomic mass is 10.1. The zero-order valence-corrected chi connectivity index (χ0v) is 15.0. The normalized spacial score (nSPS) is 10.3. The summed E-state index contributed by atoms with van der Waals surface area (Å²) in [4.78, 5) is 27.8. The predicted octanol–water partition coefficient (Wildman–Crippen LogP) is 2.96. The van der Waals surface area contributed by atoms with E-state index >= 15 is 0 Å². The number of nitrogens with two attached hydrogens (primary N) is 1. The van der Waals surface area contributed by atoms with Crippen LogP contribution in [-0.4, -0.2) is 22.0 Å². The number of rotatable bonds is 7. The van der Waals surface area contributed by atoms with Crippen molar-refractivity contribution in [2.24, 2.45) is 5.73 Å². The summed E-state index contributed by atoms with van der Waals surface area (Å²) in [6.45, 7) is 0.804. The maximum atomic E-state index is 12.6. The van der Waals surface area contributed by atoms with Crippen LogP contribution in [0.3, 0.4) is 0 Å². The summed E-state index contributed by atoms with van der Waals surface area (Å²) in [6.07, 6.45) is 1.50. The molecule has 7 heteroatoms. The molecule has 1 amide bonds. The molecule has 3 rings (SSSR count). The molecule has 3 aromatic rings. The molecule has 0 aliphatic rings. The molecular formula is C21H19N3O4. The maximum absolute atomic E-state index is 12.6. The lowest BCUT2D eigenvalue weighted by molar-refractivity contribution is 0.0696. The summed E-state index contributed by atoms with van der Waals surface area (Å²) in [6, 6.07) is 16.8. The molecule has 2 aromatic carbocycles. The number of nitrogens with zero attached hydrogens (tertiary/aromatic N) is 1. The SMILES string of the molecule is NCc1ccc(CNC(=O)c2cccnc2Oc2cccc(C(=O)O)c2)cc1.